The molecule has 0 aliphatic carbocycles. The molecule has 4 nitrogen and oxygen atoms in total. The van der Waals surface area contributed by atoms with Crippen LogP contribution in [-0.4, -0.2) is 22.3 Å². The fraction of sp³-hybridized carbons (Fsp3) is 0.154. The number of rotatable bonds is 6. The summed E-state index contributed by atoms with van der Waals surface area (Å²) in [5.41, 5.74) is 6.28. The van der Waals surface area contributed by atoms with Crippen LogP contribution in [0.3, 0.4) is 0 Å². The lowest BCUT2D eigenvalue weighted by atomic mass is 10.0. The van der Waals surface area contributed by atoms with Gasteiger partial charge in [0.2, 0.25) is 0 Å². The Morgan fingerprint density at radius 3 is 2.10 bits per heavy atom. The second-order valence-corrected chi connectivity index (χ2v) is 7.30. The van der Waals surface area contributed by atoms with Crippen molar-refractivity contribution in [1.29, 1.82) is 0 Å². The van der Waals surface area contributed by atoms with Crippen molar-refractivity contribution < 1.29 is 9.53 Å². The van der Waals surface area contributed by atoms with Crippen molar-refractivity contribution in [3.63, 3.8) is 0 Å². The summed E-state index contributed by atoms with van der Waals surface area (Å²) >= 11 is 0. The molecule has 1 aromatic heterocycles. The molecule has 0 saturated heterocycles. The summed E-state index contributed by atoms with van der Waals surface area (Å²) < 4.78 is 7.19. The Labute approximate surface area is 176 Å². The monoisotopic (exact) mass is 396 g/mol. The van der Waals surface area contributed by atoms with Crippen LogP contribution in [0.1, 0.15) is 27.3 Å². The quantitative estimate of drug-likeness (QED) is 0.434. The molecule has 4 rings (SSSR count). The van der Waals surface area contributed by atoms with Crippen LogP contribution in [0.15, 0.2) is 84.9 Å². The summed E-state index contributed by atoms with van der Waals surface area (Å²) in [6.45, 7) is 3.82. The van der Waals surface area contributed by atoms with E-state index in [1.165, 1.54) is 10.2 Å². The third kappa shape index (κ3) is 4.33. The molecule has 0 aliphatic heterocycles. The van der Waals surface area contributed by atoms with Crippen LogP contribution in [0, 0.1) is 13.8 Å². The van der Waals surface area contributed by atoms with Gasteiger partial charge in [-0.05, 0) is 42.7 Å². The first-order valence-corrected chi connectivity index (χ1v) is 10.0. The minimum absolute atomic E-state index is 0.0581. The number of benzene rings is 3. The van der Waals surface area contributed by atoms with Crippen molar-refractivity contribution in [3.05, 3.63) is 107 Å². The Kier molecular flexibility index (Phi) is 5.75. The molecule has 0 aliphatic rings. The first-order chi connectivity index (χ1) is 14.6. The highest BCUT2D eigenvalue weighted by atomic mass is 16.5. The van der Waals surface area contributed by atoms with E-state index in [0.717, 1.165) is 34.5 Å². The van der Waals surface area contributed by atoms with Crippen LogP contribution in [0.25, 0.3) is 11.1 Å². The molecule has 0 atom stereocenters. The van der Waals surface area contributed by atoms with E-state index in [9.17, 15) is 4.79 Å². The van der Waals surface area contributed by atoms with Crippen molar-refractivity contribution in [2.45, 2.75) is 20.3 Å². The Balaban J connectivity index is 1.42. The molecule has 0 amide bonds. The van der Waals surface area contributed by atoms with Crippen LogP contribution in [0.2, 0.25) is 0 Å². The number of carbonyl (C=O) groups excluding carboxylic acids is 1. The van der Waals surface area contributed by atoms with E-state index in [2.05, 4.69) is 29.4 Å². The molecule has 0 fully saturated rings. The second kappa shape index (κ2) is 8.78. The van der Waals surface area contributed by atoms with Gasteiger partial charge in [-0.25, -0.2) is 4.68 Å². The van der Waals surface area contributed by atoms with E-state index in [-0.39, 0.29) is 12.5 Å². The van der Waals surface area contributed by atoms with Gasteiger partial charge in [-0.3, -0.25) is 4.79 Å². The molecule has 30 heavy (non-hydrogen) atoms. The van der Waals surface area contributed by atoms with E-state index in [4.69, 9.17) is 4.74 Å². The predicted octanol–water partition coefficient (Wildman–Crippen LogP) is 5.48. The highest BCUT2D eigenvalue weighted by Gasteiger charge is 2.17. The summed E-state index contributed by atoms with van der Waals surface area (Å²) in [6, 6.07) is 28.1. The van der Waals surface area contributed by atoms with E-state index in [1.807, 2.05) is 74.5 Å². The van der Waals surface area contributed by atoms with Crippen molar-refractivity contribution in [1.82, 2.24) is 9.78 Å². The van der Waals surface area contributed by atoms with E-state index in [1.54, 1.807) is 0 Å². The minimum atomic E-state index is -0.179. The van der Waals surface area contributed by atoms with Gasteiger partial charge < -0.3 is 4.74 Å². The first-order valence-electron chi connectivity index (χ1n) is 10.0. The van der Waals surface area contributed by atoms with Gasteiger partial charge in [0.25, 0.3) is 5.91 Å². The summed E-state index contributed by atoms with van der Waals surface area (Å²) in [4.78, 5) is 12.7. The molecule has 0 saturated carbocycles. The zero-order valence-electron chi connectivity index (χ0n) is 17.2. The fourth-order valence-corrected chi connectivity index (χ4v) is 3.55. The third-order valence-electron chi connectivity index (χ3n) is 5.22. The smallest absolute Gasteiger partial charge is 0.284 e. The van der Waals surface area contributed by atoms with Gasteiger partial charge in [0.05, 0.1) is 5.69 Å². The SMILES string of the molecule is Cc1nn(C(=O)COc2ccc(-c3ccccc3)cc2)c(C)c1Cc1ccccc1. The molecule has 3 aromatic carbocycles. The highest BCUT2D eigenvalue weighted by molar-refractivity contribution is 5.80. The number of aromatic nitrogens is 2. The molecular weight excluding hydrogens is 372 g/mol. The molecule has 0 spiro atoms. The molecule has 0 unspecified atom stereocenters. The number of ether oxygens (including phenoxy) is 1. The van der Waals surface area contributed by atoms with E-state index >= 15 is 0 Å². The lowest BCUT2D eigenvalue weighted by molar-refractivity contribution is 0.0818. The summed E-state index contributed by atoms with van der Waals surface area (Å²) in [6.07, 6.45) is 0.758. The lowest BCUT2D eigenvalue weighted by Gasteiger charge is -2.08. The largest absolute Gasteiger partial charge is 0.484 e. The summed E-state index contributed by atoms with van der Waals surface area (Å²) in [5.74, 6) is 0.483. The molecule has 1 heterocycles. The maximum Gasteiger partial charge on any atom is 0.284 e. The average molecular weight is 396 g/mol. The van der Waals surface area contributed by atoms with Gasteiger partial charge in [-0.2, -0.15) is 5.10 Å². The molecule has 150 valence electrons. The molecule has 4 heteroatoms. The van der Waals surface area contributed by atoms with Gasteiger partial charge in [-0.1, -0.05) is 72.8 Å². The number of hydrogen-bond acceptors (Lipinski definition) is 3. The fourth-order valence-electron chi connectivity index (χ4n) is 3.55. The summed E-state index contributed by atoms with van der Waals surface area (Å²) in [7, 11) is 0. The number of aryl methyl sites for hydroxylation is 1. The maximum absolute atomic E-state index is 12.7. The Morgan fingerprint density at radius 1 is 0.833 bits per heavy atom. The molecule has 0 radical (unpaired) electrons. The van der Waals surface area contributed by atoms with Crippen molar-refractivity contribution in [2.75, 3.05) is 6.61 Å². The second-order valence-electron chi connectivity index (χ2n) is 7.30. The zero-order chi connectivity index (χ0) is 20.9. The normalized spacial score (nSPS) is 10.7. The van der Waals surface area contributed by atoms with Gasteiger partial charge >= 0.3 is 0 Å². The standard InChI is InChI=1S/C26H24N2O2/c1-19-25(17-21-9-5-3-6-10-21)20(2)28(27-19)26(29)18-30-24-15-13-23(14-16-24)22-11-7-4-8-12-22/h3-16H,17-18H2,1-2H3. The zero-order valence-corrected chi connectivity index (χ0v) is 17.2. The van der Waals surface area contributed by atoms with Gasteiger partial charge in [-0.15, -0.1) is 0 Å². The topological polar surface area (TPSA) is 44.1 Å². The third-order valence-corrected chi connectivity index (χ3v) is 5.22. The average Bonchev–Trinajstić information content (AvgIpc) is 3.07. The van der Waals surface area contributed by atoms with Gasteiger partial charge in [0.1, 0.15) is 5.75 Å². The highest BCUT2D eigenvalue weighted by Crippen LogP contribution is 2.22. The lowest BCUT2D eigenvalue weighted by Crippen LogP contribution is -2.21. The summed E-state index contributed by atoms with van der Waals surface area (Å²) in [5, 5.41) is 4.46. The Morgan fingerprint density at radius 2 is 1.43 bits per heavy atom. The number of carbonyl (C=O) groups is 1. The van der Waals surface area contributed by atoms with Crippen molar-refractivity contribution >= 4 is 5.91 Å². The van der Waals surface area contributed by atoms with Crippen LogP contribution in [0.5, 0.6) is 5.75 Å². The van der Waals surface area contributed by atoms with Crippen LogP contribution in [-0.2, 0) is 6.42 Å². The van der Waals surface area contributed by atoms with Gasteiger partial charge in [0, 0.05) is 17.7 Å². The number of hydrogen-bond donors (Lipinski definition) is 0. The van der Waals surface area contributed by atoms with Crippen molar-refractivity contribution in [3.8, 4) is 16.9 Å². The molecular formula is C26H24N2O2. The van der Waals surface area contributed by atoms with Gasteiger partial charge in [0.15, 0.2) is 6.61 Å². The molecule has 0 N–H and O–H groups in total. The van der Waals surface area contributed by atoms with Crippen LogP contribution in [0.4, 0.5) is 0 Å². The van der Waals surface area contributed by atoms with E-state index < -0.39 is 0 Å². The van der Waals surface area contributed by atoms with Crippen LogP contribution >= 0.6 is 0 Å². The van der Waals surface area contributed by atoms with E-state index in [0.29, 0.717) is 5.75 Å². The Hall–Kier alpha value is -3.66. The minimum Gasteiger partial charge on any atom is -0.484 e. The van der Waals surface area contributed by atoms with Crippen LogP contribution < -0.4 is 4.74 Å². The first kappa shape index (κ1) is 19.6. The van der Waals surface area contributed by atoms with Crippen molar-refractivity contribution in [2.24, 2.45) is 0 Å². The maximum atomic E-state index is 12.7. The number of nitrogens with zero attached hydrogens (tertiary/aromatic N) is 2. The molecule has 4 aromatic rings. The molecule has 0 bridgehead atoms. The Bertz CT molecular complexity index is 1130. The predicted molar refractivity (Wildman–Crippen MR) is 119 cm³/mol.